The summed E-state index contributed by atoms with van der Waals surface area (Å²) in [6.45, 7) is 0.683. The summed E-state index contributed by atoms with van der Waals surface area (Å²) in [6, 6.07) is 8.25. The number of methoxy groups -OCH3 is 2. The number of anilines is 1. The van der Waals surface area contributed by atoms with Gasteiger partial charge in [-0.3, -0.25) is 19.2 Å². The van der Waals surface area contributed by atoms with Gasteiger partial charge in [0.05, 0.1) is 36.8 Å². The van der Waals surface area contributed by atoms with E-state index in [4.69, 9.17) is 9.47 Å². The Hall–Kier alpha value is -5.63. The first-order valence-corrected chi connectivity index (χ1v) is 16.9. The Bertz CT molecular complexity index is 2400. The van der Waals surface area contributed by atoms with Gasteiger partial charge in [0.25, 0.3) is 11.8 Å². The molecule has 3 aromatic heterocycles. The Morgan fingerprint density at radius 3 is 2.49 bits per heavy atom. The van der Waals surface area contributed by atoms with Gasteiger partial charge < -0.3 is 44.4 Å². The molecule has 248 valence electrons. The molecule has 5 N–H and O–H groups in total. The Labute approximate surface area is 281 Å². The molecule has 2 fully saturated rings. The van der Waals surface area contributed by atoms with Crippen molar-refractivity contribution in [2.45, 2.75) is 18.3 Å². The maximum atomic E-state index is 14.2. The van der Waals surface area contributed by atoms with E-state index in [1.54, 1.807) is 35.4 Å². The van der Waals surface area contributed by atoms with Gasteiger partial charge in [0.15, 0.2) is 23.0 Å². The van der Waals surface area contributed by atoms with E-state index in [-0.39, 0.29) is 58.0 Å². The van der Waals surface area contributed by atoms with Gasteiger partial charge in [-0.15, -0.1) is 0 Å². The summed E-state index contributed by atoms with van der Waals surface area (Å²) in [5.74, 6) is -0.833. The highest BCUT2D eigenvalue weighted by atomic mass is 32.2. The van der Waals surface area contributed by atoms with E-state index in [9.17, 15) is 29.4 Å². The molecule has 0 bridgehead atoms. The Morgan fingerprint density at radius 1 is 0.959 bits per heavy atom. The normalized spacial score (nSPS) is 20.3. The molecule has 2 amide bonds. The van der Waals surface area contributed by atoms with Gasteiger partial charge >= 0.3 is 0 Å². The zero-order valence-electron chi connectivity index (χ0n) is 26.5. The summed E-state index contributed by atoms with van der Waals surface area (Å²) in [7, 11) is 2.86. The summed E-state index contributed by atoms with van der Waals surface area (Å²) in [6.07, 6.45) is 4.35. The Balaban J connectivity index is 1.05. The first kappa shape index (κ1) is 29.5. The largest absolute Gasteiger partial charge is 0.504 e. The van der Waals surface area contributed by atoms with Crippen LogP contribution in [0.4, 0.5) is 5.69 Å². The highest BCUT2D eigenvalue weighted by Gasteiger charge is 2.68. The van der Waals surface area contributed by atoms with Gasteiger partial charge in [-0.05, 0) is 60.4 Å². The lowest BCUT2D eigenvalue weighted by Crippen LogP contribution is -2.33. The van der Waals surface area contributed by atoms with E-state index in [0.717, 1.165) is 18.2 Å². The lowest BCUT2D eigenvalue weighted by atomic mass is 9.85. The van der Waals surface area contributed by atoms with E-state index in [1.165, 1.54) is 31.3 Å². The standard InChI is InChI=1S/C35H29N5O8S/c1-47-25-10-19-14(7-23(25)41)6-20(36-19)33(45)40-13-15-12-35(15)18-9-21(37-28(18)24(42)11-26(35)40)32(44)39-5-4-16-17-8-22(34(46)49-3)38-27(17)31(48-2)30(43)29(16)39/h6-11,15,36-38,41,43H,4-5,12-13H2,1-3H3/t15-,35-/m1/s1. The molecular formula is C35H29N5O8S. The van der Waals surface area contributed by atoms with Crippen LogP contribution in [0.3, 0.4) is 0 Å². The van der Waals surface area contributed by atoms with E-state index in [1.807, 2.05) is 0 Å². The number of ketones is 1. The fourth-order valence-electron chi connectivity index (χ4n) is 8.19. The molecule has 5 aromatic rings. The second-order valence-corrected chi connectivity index (χ2v) is 13.6. The van der Waals surface area contributed by atoms with Crippen LogP contribution in [0.15, 0.2) is 42.1 Å². The predicted molar refractivity (Wildman–Crippen MR) is 180 cm³/mol. The fraction of sp³-hybridized carbons (Fsp3) is 0.257. The summed E-state index contributed by atoms with van der Waals surface area (Å²) in [5.41, 5.74) is 4.03. The minimum absolute atomic E-state index is 0.0402. The second kappa shape index (κ2) is 9.95. The number of likely N-dealkylation sites (tertiary alicyclic amines) is 1. The SMILES string of the molecule is COc1cc2[nH]c(C(=O)N3C[C@H]4C[C@@]45C3=CC(=O)c3[nH]c(C(=O)N4CCc6c4c(O)c(OC)c4[nH]c(C(=O)SC)cc64)cc35)cc2cc1O. The third-order valence-corrected chi connectivity index (χ3v) is 11.1. The molecule has 13 nitrogen and oxygen atoms in total. The summed E-state index contributed by atoms with van der Waals surface area (Å²) >= 11 is 1.06. The average Bonchev–Trinajstić information content (AvgIpc) is 3.73. The topological polar surface area (TPSA) is 181 Å². The molecule has 2 atom stereocenters. The monoisotopic (exact) mass is 679 g/mol. The number of aromatic hydroxyl groups is 2. The number of thioether (sulfide) groups is 1. The molecule has 5 heterocycles. The van der Waals surface area contributed by atoms with Crippen LogP contribution < -0.4 is 14.4 Å². The van der Waals surface area contributed by atoms with Gasteiger partial charge in [0.2, 0.25) is 10.9 Å². The Morgan fingerprint density at radius 2 is 1.73 bits per heavy atom. The van der Waals surface area contributed by atoms with Crippen molar-refractivity contribution in [2.24, 2.45) is 5.92 Å². The number of rotatable bonds is 5. The molecule has 0 unspecified atom stereocenters. The summed E-state index contributed by atoms with van der Waals surface area (Å²) in [5, 5.41) is 22.7. The lowest BCUT2D eigenvalue weighted by Gasteiger charge is -2.27. The van der Waals surface area contributed by atoms with Gasteiger partial charge in [-0.2, -0.15) is 0 Å². The van der Waals surface area contributed by atoms with Crippen LogP contribution in [0.25, 0.3) is 21.8 Å². The number of phenols is 2. The molecule has 2 aliphatic carbocycles. The fourth-order valence-corrected chi connectivity index (χ4v) is 8.52. The van der Waals surface area contributed by atoms with E-state index in [0.29, 0.717) is 74.4 Å². The third-order valence-electron chi connectivity index (χ3n) is 10.5. The first-order valence-electron chi connectivity index (χ1n) is 15.7. The molecule has 1 spiro atoms. The summed E-state index contributed by atoms with van der Waals surface area (Å²) in [4.78, 5) is 66.4. The van der Waals surface area contributed by atoms with Crippen LogP contribution in [0.5, 0.6) is 23.0 Å². The lowest BCUT2D eigenvalue weighted by molar-refractivity contribution is 0.0806. The number of carbonyl (C=O) groups excluding carboxylic acids is 4. The van der Waals surface area contributed by atoms with Crippen molar-refractivity contribution in [1.82, 2.24) is 19.9 Å². The van der Waals surface area contributed by atoms with Crippen molar-refractivity contribution in [2.75, 3.05) is 38.5 Å². The second-order valence-electron chi connectivity index (χ2n) is 12.8. The Kier molecular flexibility index (Phi) is 5.99. The zero-order chi connectivity index (χ0) is 34.1. The highest BCUT2D eigenvalue weighted by molar-refractivity contribution is 8.13. The number of aromatic nitrogens is 3. The number of piperidine rings is 1. The van der Waals surface area contributed by atoms with Crippen molar-refractivity contribution in [3.63, 3.8) is 0 Å². The molecule has 14 heteroatoms. The van der Waals surface area contributed by atoms with Crippen LogP contribution in [0.1, 0.15) is 59.5 Å². The zero-order valence-corrected chi connectivity index (χ0v) is 27.3. The van der Waals surface area contributed by atoms with Crippen molar-refractivity contribution >= 4 is 62.0 Å². The number of ether oxygens (including phenoxy) is 2. The number of phenolic OH excluding ortho intramolecular Hbond substituents is 2. The number of aromatic amines is 3. The smallest absolute Gasteiger partial charge is 0.274 e. The minimum Gasteiger partial charge on any atom is -0.504 e. The van der Waals surface area contributed by atoms with E-state index >= 15 is 0 Å². The highest BCUT2D eigenvalue weighted by Crippen LogP contribution is 2.67. The van der Waals surface area contributed by atoms with Crippen LogP contribution in [-0.2, 0) is 11.8 Å². The molecular weight excluding hydrogens is 650 g/mol. The number of carbonyl (C=O) groups is 4. The maximum absolute atomic E-state index is 14.2. The van der Waals surface area contributed by atoms with Crippen molar-refractivity contribution in [1.29, 1.82) is 0 Å². The molecule has 0 radical (unpaired) electrons. The van der Waals surface area contributed by atoms with Crippen LogP contribution in [-0.4, -0.2) is 86.3 Å². The van der Waals surface area contributed by atoms with Crippen molar-refractivity contribution < 1.29 is 38.9 Å². The van der Waals surface area contributed by atoms with Crippen molar-refractivity contribution in [3.8, 4) is 23.0 Å². The van der Waals surface area contributed by atoms with Gasteiger partial charge in [-0.25, -0.2) is 0 Å². The predicted octanol–water partition coefficient (Wildman–Crippen LogP) is 4.61. The molecule has 49 heavy (non-hydrogen) atoms. The number of allylic oxidation sites excluding steroid dienone is 2. The first-order chi connectivity index (χ1) is 23.6. The van der Waals surface area contributed by atoms with Crippen LogP contribution >= 0.6 is 11.8 Å². The molecule has 1 saturated carbocycles. The minimum atomic E-state index is -0.576. The third kappa shape index (κ3) is 3.82. The van der Waals surface area contributed by atoms with Crippen molar-refractivity contribution in [3.05, 3.63) is 76.0 Å². The van der Waals surface area contributed by atoms with Gasteiger partial charge in [0, 0.05) is 52.6 Å². The number of nitrogens with zero attached hydrogens (tertiary/aromatic N) is 2. The molecule has 2 aliphatic heterocycles. The molecule has 4 aliphatic rings. The number of H-pyrrole nitrogens is 3. The number of nitrogens with one attached hydrogen (secondary N) is 3. The number of hydrogen-bond acceptors (Lipinski definition) is 9. The average molecular weight is 680 g/mol. The van der Waals surface area contributed by atoms with Crippen LogP contribution in [0, 0.1) is 5.92 Å². The van der Waals surface area contributed by atoms with Gasteiger partial charge in [-0.1, -0.05) is 11.8 Å². The number of fused-ring (bicyclic) bond motifs is 5. The molecule has 1 saturated heterocycles. The molecule has 2 aromatic carbocycles. The number of hydrogen-bond donors (Lipinski definition) is 5. The van der Waals surface area contributed by atoms with Gasteiger partial charge in [0.1, 0.15) is 11.4 Å². The molecule has 9 rings (SSSR count). The van der Waals surface area contributed by atoms with E-state index in [2.05, 4.69) is 15.0 Å². The van der Waals surface area contributed by atoms with E-state index < -0.39 is 11.3 Å². The maximum Gasteiger partial charge on any atom is 0.274 e. The quantitative estimate of drug-likeness (QED) is 0.177. The number of amides is 2. The summed E-state index contributed by atoms with van der Waals surface area (Å²) < 4.78 is 10.7. The number of benzene rings is 2. The van der Waals surface area contributed by atoms with Crippen LogP contribution in [0.2, 0.25) is 0 Å².